The van der Waals surface area contributed by atoms with Gasteiger partial charge in [-0.1, -0.05) is 60.7 Å². The number of nitrogens with one attached hydrogen (secondary N) is 1. The second-order valence-corrected chi connectivity index (χ2v) is 8.52. The van der Waals surface area contributed by atoms with E-state index in [-0.39, 0.29) is 11.3 Å². The van der Waals surface area contributed by atoms with Crippen LogP contribution in [0.1, 0.15) is 28.4 Å². The van der Waals surface area contributed by atoms with Crippen LogP contribution in [-0.2, 0) is 6.61 Å². The van der Waals surface area contributed by atoms with Gasteiger partial charge in [0.05, 0.1) is 18.4 Å². The maximum Gasteiger partial charge on any atom is 0.275 e. The van der Waals surface area contributed by atoms with Crippen molar-refractivity contribution in [3.05, 3.63) is 114 Å². The molecule has 0 heterocycles. The van der Waals surface area contributed by atoms with Gasteiger partial charge in [0.15, 0.2) is 11.5 Å². The van der Waals surface area contributed by atoms with Crippen molar-refractivity contribution in [2.75, 3.05) is 6.61 Å². The number of fused-ring (bicyclic) bond motifs is 2. The molecule has 5 aromatic carbocycles. The summed E-state index contributed by atoms with van der Waals surface area (Å²) >= 11 is 0. The summed E-state index contributed by atoms with van der Waals surface area (Å²) in [6, 6.07) is 30.7. The summed E-state index contributed by atoms with van der Waals surface area (Å²) in [5.41, 5.74) is 4.42. The highest BCUT2D eigenvalue weighted by atomic mass is 16.5. The van der Waals surface area contributed by atoms with Gasteiger partial charge in [-0.3, -0.25) is 4.79 Å². The lowest BCUT2D eigenvalue weighted by Gasteiger charge is -2.13. The van der Waals surface area contributed by atoms with E-state index in [0.717, 1.165) is 21.9 Å². The van der Waals surface area contributed by atoms with Gasteiger partial charge in [0, 0.05) is 0 Å². The lowest BCUT2D eigenvalue weighted by atomic mass is 10.1. The molecule has 0 saturated carbocycles. The first-order valence-corrected chi connectivity index (χ1v) is 12.0. The second kappa shape index (κ2) is 10.8. The van der Waals surface area contributed by atoms with E-state index in [4.69, 9.17) is 9.47 Å². The molecule has 0 aliphatic carbocycles. The number of phenols is 1. The number of nitrogens with zero attached hydrogens (tertiary/aromatic N) is 1. The molecule has 6 heteroatoms. The van der Waals surface area contributed by atoms with Crippen LogP contribution >= 0.6 is 0 Å². The fraction of sp³-hybridized carbons (Fsp3) is 0.0968. The Morgan fingerprint density at radius 1 is 0.811 bits per heavy atom. The van der Waals surface area contributed by atoms with Crippen molar-refractivity contribution >= 4 is 33.7 Å². The van der Waals surface area contributed by atoms with E-state index in [0.29, 0.717) is 24.7 Å². The number of hydrazone groups is 1. The topological polar surface area (TPSA) is 80.2 Å². The van der Waals surface area contributed by atoms with E-state index >= 15 is 0 Å². The fourth-order valence-corrected chi connectivity index (χ4v) is 4.12. The van der Waals surface area contributed by atoms with Crippen molar-refractivity contribution in [3.8, 4) is 17.2 Å². The summed E-state index contributed by atoms with van der Waals surface area (Å²) in [5, 5.41) is 18.4. The molecule has 0 radical (unpaired) electrons. The van der Waals surface area contributed by atoms with Crippen LogP contribution in [0.25, 0.3) is 21.5 Å². The van der Waals surface area contributed by atoms with Gasteiger partial charge in [-0.15, -0.1) is 0 Å². The Morgan fingerprint density at radius 3 is 2.27 bits per heavy atom. The number of ether oxygens (including phenoxy) is 2. The SMILES string of the molecule is CCOc1cc(C=NNC(=O)c2cc3ccccc3cc2O)ccc1OCc1ccc2ccccc2c1. The molecule has 6 nitrogen and oxygen atoms in total. The predicted octanol–water partition coefficient (Wildman–Crippen LogP) is 6.44. The molecule has 0 aliphatic heterocycles. The molecule has 0 aromatic heterocycles. The summed E-state index contributed by atoms with van der Waals surface area (Å²) in [6.07, 6.45) is 1.52. The van der Waals surface area contributed by atoms with Crippen LogP contribution in [-0.4, -0.2) is 23.8 Å². The van der Waals surface area contributed by atoms with Crippen LogP contribution in [0.2, 0.25) is 0 Å². The molecule has 5 aromatic rings. The number of carbonyl (C=O) groups excluding carboxylic acids is 1. The Hall–Kier alpha value is -4.84. The van der Waals surface area contributed by atoms with Crippen LogP contribution in [0.15, 0.2) is 102 Å². The molecule has 37 heavy (non-hydrogen) atoms. The number of phenolic OH excluding ortho intramolecular Hbond substituents is 1. The van der Waals surface area contributed by atoms with Gasteiger partial charge < -0.3 is 14.6 Å². The molecule has 2 N–H and O–H groups in total. The zero-order valence-corrected chi connectivity index (χ0v) is 20.3. The number of amides is 1. The normalized spacial score (nSPS) is 11.2. The van der Waals surface area contributed by atoms with E-state index in [9.17, 15) is 9.90 Å². The summed E-state index contributed by atoms with van der Waals surface area (Å²) in [5.74, 6) is 0.612. The molecule has 1 amide bonds. The Kier molecular flexibility index (Phi) is 6.99. The highest BCUT2D eigenvalue weighted by Crippen LogP contribution is 2.29. The number of benzene rings is 5. The molecule has 184 valence electrons. The van der Waals surface area contributed by atoms with Gasteiger partial charge in [-0.25, -0.2) is 5.43 Å². The first-order chi connectivity index (χ1) is 18.1. The van der Waals surface area contributed by atoms with Crippen molar-refractivity contribution in [2.45, 2.75) is 13.5 Å². The van der Waals surface area contributed by atoms with Crippen molar-refractivity contribution < 1.29 is 19.4 Å². The van der Waals surface area contributed by atoms with Crippen molar-refractivity contribution in [1.29, 1.82) is 0 Å². The summed E-state index contributed by atoms with van der Waals surface area (Å²) in [7, 11) is 0. The van der Waals surface area contributed by atoms with Gasteiger partial charge in [-0.05, 0) is 76.0 Å². The lowest BCUT2D eigenvalue weighted by molar-refractivity contribution is 0.0952. The third-order valence-corrected chi connectivity index (χ3v) is 5.96. The Balaban J connectivity index is 1.27. The zero-order valence-electron chi connectivity index (χ0n) is 20.3. The smallest absolute Gasteiger partial charge is 0.275 e. The third-order valence-electron chi connectivity index (χ3n) is 5.96. The van der Waals surface area contributed by atoms with Crippen LogP contribution in [0, 0.1) is 0 Å². The lowest BCUT2D eigenvalue weighted by Crippen LogP contribution is -2.17. The molecule has 0 atom stereocenters. The number of aromatic hydroxyl groups is 1. The van der Waals surface area contributed by atoms with Crippen LogP contribution in [0.4, 0.5) is 0 Å². The highest BCUT2D eigenvalue weighted by molar-refractivity contribution is 6.01. The van der Waals surface area contributed by atoms with Gasteiger partial charge in [0.2, 0.25) is 0 Å². The standard InChI is InChI=1S/C31H26N2O4/c1-2-36-30-16-21(12-14-29(30)37-20-22-11-13-23-7-3-4-8-24(23)15-22)19-32-33-31(35)27-17-25-9-5-6-10-26(25)18-28(27)34/h3-19,34H,2,20H2,1H3,(H,33,35). The predicted molar refractivity (Wildman–Crippen MR) is 147 cm³/mol. The first kappa shape index (κ1) is 23.9. The third kappa shape index (κ3) is 5.54. The van der Waals surface area contributed by atoms with Crippen LogP contribution < -0.4 is 14.9 Å². The highest BCUT2D eigenvalue weighted by Gasteiger charge is 2.12. The average Bonchev–Trinajstić information content (AvgIpc) is 2.92. The van der Waals surface area contributed by atoms with Gasteiger partial charge >= 0.3 is 0 Å². The molecule has 0 fully saturated rings. The van der Waals surface area contributed by atoms with E-state index in [2.05, 4.69) is 40.9 Å². The Morgan fingerprint density at radius 2 is 1.51 bits per heavy atom. The quantitative estimate of drug-likeness (QED) is 0.194. The largest absolute Gasteiger partial charge is 0.507 e. The maximum atomic E-state index is 12.6. The fourth-order valence-electron chi connectivity index (χ4n) is 4.12. The molecule has 0 aliphatic rings. The summed E-state index contributed by atoms with van der Waals surface area (Å²) in [6.45, 7) is 2.79. The number of hydrogen-bond acceptors (Lipinski definition) is 5. The number of rotatable bonds is 8. The Labute approximate surface area is 214 Å². The molecular formula is C31H26N2O4. The van der Waals surface area contributed by atoms with E-state index in [1.165, 1.54) is 17.0 Å². The Bertz CT molecular complexity index is 1610. The molecule has 0 unspecified atom stereocenters. The van der Waals surface area contributed by atoms with Crippen molar-refractivity contribution in [2.24, 2.45) is 5.10 Å². The maximum absolute atomic E-state index is 12.6. The average molecular weight is 491 g/mol. The van der Waals surface area contributed by atoms with Crippen molar-refractivity contribution in [1.82, 2.24) is 5.43 Å². The van der Waals surface area contributed by atoms with E-state index in [1.807, 2.05) is 61.5 Å². The van der Waals surface area contributed by atoms with Crippen LogP contribution in [0.3, 0.4) is 0 Å². The van der Waals surface area contributed by atoms with Crippen LogP contribution in [0.5, 0.6) is 17.2 Å². The van der Waals surface area contributed by atoms with E-state index in [1.54, 1.807) is 12.1 Å². The minimum absolute atomic E-state index is 0.0991. The minimum atomic E-state index is -0.500. The van der Waals surface area contributed by atoms with E-state index < -0.39 is 5.91 Å². The minimum Gasteiger partial charge on any atom is -0.507 e. The monoisotopic (exact) mass is 490 g/mol. The molecule has 5 rings (SSSR count). The second-order valence-electron chi connectivity index (χ2n) is 8.52. The molecule has 0 bridgehead atoms. The van der Waals surface area contributed by atoms with Crippen molar-refractivity contribution in [3.63, 3.8) is 0 Å². The number of carbonyl (C=O) groups is 1. The van der Waals surface area contributed by atoms with Gasteiger partial charge in [0.1, 0.15) is 12.4 Å². The number of hydrogen-bond donors (Lipinski definition) is 2. The van der Waals surface area contributed by atoms with Gasteiger partial charge in [-0.2, -0.15) is 5.10 Å². The summed E-state index contributed by atoms with van der Waals surface area (Å²) in [4.78, 5) is 12.6. The molecule has 0 spiro atoms. The zero-order chi connectivity index (χ0) is 25.6. The first-order valence-electron chi connectivity index (χ1n) is 12.0. The molecule has 0 saturated heterocycles. The molecular weight excluding hydrogens is 464 g/mol. The van der Waals surface area contributed by atoms with Gasteiger partial charge in [0.25, 0.3) is 5.91 Å². The summed E-state index contributed by atoms with van der Waals surface area (Å²) < 4.78 is 11.8.